The molecule has 3 rings (SSSR count). The molecule has 0 bridgehead atoms. The van der Waals surface area contributed by atoms with Gasteiger partial charge < -0.3 is 14.6 Å². The topological polar surface area (TPSA) is 210 Å². The molecule has 0 spiro atoms. The third kappa shape index (κ3) is 8.34. The first-order chi connectivity index (χ1) is 18.8. The Morgan fingerprint density at radius 1 is 0.927 bits per heavy atom. The van der Waals surface area contributed by atoms with Crippen molar-refractivity contribution >= 4 is 58.0 Å². The summed E-state index contributed by atoms with van der Waals surface area (Å²) in [6.45, 7) is 4.96. The maximum Gasteiger partial charge on any atom is 0.298 e. The molecule has 0 radical (unpaired) electrons. The van der Waals surface area contributed by atoms with Crippen LogP contribution in [0.3, 0.4) is 0 Å². The van der Waals surface area contributed by atoms with E-state index in [4.69, 9.17) is 9.47 Å². The predicted molar refractivity (Wildman–Crippen MR) is 152 cm³/mol. The van der Waals surface area contributed by atoms with Crippen LogP contribution < -0.4 is 14.2 Å². The molecule has 4 N–H and O–H groups in total. The summed E-state index contributed by atoms with van der Waals surface area (Å²) in [5.74, 6) is -0.820. The minimum absolute atomic E-state index is 0.00462. The fourth-order valence-corrected chi connectivity index (χ4v) is 6.44. The maximum absolute atomic E-state index is 13.2. The quantitative estimate of drug-likeness (QED) is 0.137. The average Bonchev–Trinajstić information content (AvgIpc) is 2.81. The molecule has 0 heterocycles. The summed E-state index contributed by atoms with van der Waals surface area (Å²) in [5, 5.41) is 19.0. The van der Waals surface area contributed by atoms with Crippen molar-refractivity contribution in [2.45, 2.75) is 36.1 Å². The fraction of sp³-hybridized carbons (Fsp3) is 0.333. The Hall–Kier alpha value is -3.35. The monoisotopic (exact) mass is 630 g/mol. The molecular formula is C24H30N4O10S3. The number of methoxy groups -OCH3 is 1. The van der Waals surface area contributed by atoms with Gasteiger partial charge in [0.2, 0.25) is 20.0 Å². The molecule has 0 aliphatic rings. The highest BCUT2D eigenvalue weighted by atomic mass is 32.2. The summed E-state index contributed by atoms with van der Waals surface area (Å²) in [4.78, 5) is -1.15. The van der Waals surface area contributed by atoms with Crippen molar-refractivity contribution in [1.29, 1.82) is 0 Å². The third-order valence-electron chi connectivity index (χ3n) is 5.13. The number of fused-ring (bicyclic) bond motifs is 1. The normalized spacial score (nSPS) is 13.1. The summed E-state index contributed by atoms with van der Waals surface area (Å²) in [7, 11) is -11.5. The van der Waals surface area contributed by atoms with E-state index in [1.54, 1.807) is 20.8 Å². The smallest absolute Gasteiger partial charge is 0.298 e. The second kappa shape index (κ2) is 11.9. The molecule has 0 aliphatic carbocycles. The molecule has 0 amide bonds. The number of azo groups is 1. The summed E-state index contributed by atoms with van der Waals surface area (Å²) >= 11 is 0. The highest BCUT2D eigenvalue weighted by Gasteiger charge is 2.28. The molecule has 41 heavy (non-hydrogen) atoms. The summed E-state index contributed by atoms with van der Waals surface area (Å²) < 4.78 is 99.0. The van der Waals surface area contributed by atoms with Crippen molar-refractivity contribution in [1.82, 2.24) is 4.72 Å². The first kappa shape index (κ1) is 32.2. The van der Waals surface area contributed by atoms with Crippen molar-refractivity contribution < 1.29 is 44.4 Å². The standard InChI is InChI=1S/C24H30N4O10S3/c1-24(2,3)28-40(32,33)21-14-18(22-16(23(21)29)7-6-8-17(22)27-39(5,30)31)26-25-15-9-10-19(38-12-11-37-4)20(13-15)41(34,35)36/h6-10,13-14,27-29H,11-12H2,1-5H3,(H,34,35,36)/b26-25+. The van der Waals surface area contributed by atoms with Crippen LogP contribution in [-0.2, 0) is 34.9 Å². The van der Waals surface area contributed by atoms with Crippen LogP contribution in [0.4, 0.5) is 17.1 Å². The van der Waals surface area contributed by atoms with Crippen LogP contribution in [0.5, 0.6) is 11.5 Å². The number of nitrogens with zero attached hydrogens (tertiary/aromatic N) is 2. The van der Waals surface area contributed by atoms with Crippen LogP contribution >= 0.6 is 0 Å². The van der Waals surface area contributed by atoms with Gasteiger partial charge in [0.05, 0.1) is 29.9 Å². The Kier molecular flexibility index (Phi) is 9.31. The molecule has 0 fully saturated rings. The van der Waals surface area contributed by atoms with Gasteiger partial charge in [0.15, 0.2) is 0 Å². The number of rotatable bonds is 11. The van der Waals surface area contributed by atoms with E-state index in [-0.39, 0.29) is 46.8 Å². The minimum atomic E-state index is -4.75. The van der Waals surface area contributed by atoms with Crippen LogP contribution in [0.25, 0.3) is 10.8 Å². The van der Waals surface area contributed by atoms with Gasteiger partial charge in [-0.2, -0.15) is 13.5 Å². The summed E-state index contributed by atoms with van der Waals surface area (Å²) in [6, 6.07) is 8.72. The lowest BCUT2D eigenvalue weighted by atomic mass is 10.1. The van der Waals surface area contributed by atoms with Crippen molar-refractivity contribution in [3.05, 3.63) is 42.5 Å². The van der Waals surface area contributed by atoms with Gasteiger partial charge in [0.25, 0.3) is 10.1 Å². The number of nitrogens with one attached hydrogen (secondary N) is 2. The molecular weight excluding hydrogens is 600 g/mol. The lowest BCUT2D eigenvalue weighted by Crippen LogP contribution is -2.40. The van der Waals surface area contributed by atoms with Gasteiger partial charge in [-0.1, -0.05) is 12.1 Å². The third-order valence-corrected chi connectivity index (χ3v) is 8.36. The maximum atomic E-state index is 13.2. The lowest BCUT2D eigenvalue weighted by molar-refractivity contribution is 0.144. The van der Waals surface area contributed by atoms with E-state index < -0.39 is 51.2 Å². The van der Waals surface area contributed by atoms with Crippen molar-refractivity contribution in [3.8, 4) is 11.5 Å². The lowest BCUT2D eigenvalue weighted by Gasteiger charge is -2.21. The second-order valence-corrected chi connectivity index (χ2v) is 14.6. The first-order valence-corrected chi connectivity index (χ1v) is 16.6. The Bertz CT molecular complexity index is 1820. The van der Waals surface area contributed by atoms with Gasteiger partial charge >= 0.3 is 0 Å². The molecule has 0 aromatic heterocycles. The van der Waals surface area contributed by atoms with E-state index in [2.05, 4.69) is 19.7 Å². The zero-order valence-electron chi connectivity index (χ0n) is 22.7. The van der Waals surface area contributed by atoms with E-state index in [1.807, 2.05) is 0 Å². The van der Waals surface area contributed by atoms with E-state index in [0.717, 1.165) is 18.4 Å². The highest BCUT2D eigenvalue weighted by molar-refractivity contribution is 7.92. The van der Waals surface area contributed by atoms with Crippen LogP contribution in [-0.4, -0.2) is 67.0 Å². The Morgan fingerprint density at radius 3 is 2.20 bits per heavy atom. The number of hydrogen-bond acceptors (Lipinski definition) is 11. The number of benzene rings is 3. The van der Waals surface area contributed by atoms with Crippen molar-refractivity contribution in [2.75, 3.05) is 31.3 Å². The summed E-state index contributed by atoms with van der Waals surface area (Å²) in [5.41, 5.74) is -1.19. The number of ether oxygens (including phenoxy) is 2. The van der Waals surface area contributed by atoms with Gasteiger partial charge in [0, 0.05) is 23.4 Å². The van der Waals surface area contributed by atoms with Gasteiger partial charge in [-0.3, -0.25) is 9.27 Å². The SMILES string of the molecule is COCCOc1ccc(/N=N/c2cc(S(=O)(=O)NC(C)(C)C)c(O)c3cccc(NS(C)(=O)=O)c23)cc1S(=O)(=O)O. The van der Waals surface area contributed by atoms with E-state index in [1.165, 1.54) is 37.4 Å². The van der Waals surface area contributed by atoms with Gasteiger partial charge in [-0.05, 0) is 51.1 Å². The zero-order chi connectivity index (χ0) is 30.8. The predicted octanol–water partition coefficient (Wildman–Crippen LogP) is 3.68. The molecule has 3 aromatic carbocycles. The molecule has 0 saturated heterocycles. The molecule has 0 aliphatic heterocycles. The molecule has 0 unspecified atom stereocenters. The van der Waals surface area contributed by atoms with E-state index >= 15 is 0 Å². The van der Waals surface area contributed by atoms with Crippen LogP contribution in [0.15, 0.2) is 62.5 Å². The molecule has 3 aromatic rings. The number of phenolic OH excluding ortho intramolecular Hbond substituents is 1. The van der Waals surface area contributed by atoms with E-state index in [0.29, 0.717) is 0 Å². The van der Waals surface area contributed by atoms with Crippen LogP contribution in [0.2, 0.25) is 0 Å². The Morgan fingerprint density at radius 2 is 1.61 bits per heavy atom. The number of hydrogen-bond donors (Lipinski definition) is 4. The second-order valence-electron chi connectivity index (χ2n) is 9.85. The van der Waals surface area contributed by atoms with Crippen molar-refractivity contribution in [3.63, 3.8) is 0 Å². The zero-order valence-corrected chi connectivity index (χ0v) is 25.2. The fourth-order valence-electron chi connectivity index (χ4n) is 3.68. The molecule has 224 valence electrons. The first-order valence-electron chi connectivity index (χ1n) is 11.8. The average molecular weight is 631 g/mol. The summed E-state index contributed by atoms with van der Waals surface area (Å²) in [6.07, 6.45) is 0.909. The number of sulfonamides is 2. The van der Waals surface area contributed by atoms with Crippen molar-refractivity contribution in [2.24, 2.45) is 10.2 Å². The van der Waals surface area contributed by atoms with Gasteiger partial charge in [-0.15, -0.1) is 5.11 Å². The molecule has 14 nitrogen and oxygen atoms in total. The van der Waals surface area contributed by atoms with Gasteiger partial charge in [0.1, 0.15) is 27.9 Å². The molecule has 0 saturated carbocycles. The van der Waals surface area contributed by atoms with Crippen LogP contribution in [0, 0.1) is 0 Å². The number of aromatic hydroxyl groups is 1. The van der Waals surface area contributed by atoms with Crippen LogP contribution in [0.1, 0.15) is 20.8 Å². The Labute approximate surface area is 238 Å². The number of phenols is 1. The van der Waals surface area contributed by atoms with E-state index in [9.17, 15) is 34.9 Å². The Balaban J connectivity index is 2.27. The molecule has 0 atom stereocenters. The highest BCUT2D eigenvalue weighted by Crippen LogP contribution is 2.43. The minimum Gasteiger partial charge on any atom is -0.506 e. The van der Waals surface area contributed by atoms with Gasteiger partial charge in [-0.25, -0.2) is 21.6 Å². The largest absolute Gasteiger partial charge is 0.506 e. The molecule has 17 heteroatoms. The number of anilines is 1.